The summed E-state index contributed by atoms with van der Waals surface area (Å²) in [5, 5.41) is 35.9. The van der Waals surface area contributed by atoms with Gasteiger partial charge in [-0.25, -0.2) is 0 Å². The zero-order chi connectivity index (χ0) is 26.1. The van der Waals surface area contributed by atoms with E-state index in [2.05, 4.69) is 0 Å². The third kappa shape index (κ3) is 4.83. The van der Waals surface area contributed by atoms with Gasteiger partial charge in [0, 0.05) is 48.0 Å². The summed E-state index contributed by atoms with van der Waals surface area (Å²) in [6, 6.07) is 18.7. The molecule has 0 atom stereocenters. The van der Waals surface area contributed by atoms with E-state index in [1.165, 1.54) is 59.1 Å². The summed E-state index contributed by atoms with van der Waals surface area (Å²) >= 11 is 3.04. The minimum absolute atomic E-state index is 0.00295. The maximum Gasteiger partial charge on any atom is 0.326 e. The summed E-state index contributed by atoms with van der Waals surface area (Å²) < 4.78 is 3.87. The van der Waals surface area contributed by atoms with Gasteiger partial charge in [-0.1, -0.05) is 22.7 Å². The number of thiazole rings is 2. The highest BCUT2D eigenvalue weighted by molar-refractivity contribution is 7.34. The third-order valence-corrected chi connectivity index (χ3v) is 7.74. The fraction of sp³-hybridized carbons (Fsp3) is 0. The lowest BCUT2D eigenvalue weighted by atomic mass is 10.1. The number of rotatable bonds is 6. The van der Waals surface area contributed by atoms with Crippen molar-refractivity contribution < 1.29 is 19.2 Å². The smallest absolute Gasteiger partial charge is 0.258 e. The van der Waals surface area contributed by atoms with Gasteiger partial charge in [0.05, 0.1) is 20.1 Å². The Morgan fingerprint density at radius 3 is 1.59 bits per heavy atom. The summed E-state index contributed by atoms with van der Waals surface area (Å²) in [6.07, 6.45) is 3.83. The number of fused-ring (bicyclic) bond motifs is 1. The molecule has 10 nitrogen and oxygen atoms in total. The Kier molecular flexibility index (Phi) is 6.26. The summed E-state index contributed by atoms with van der Waals surface area (Å²) in [5.74, 6) is 0. The summed E-state index contributed by atoms with van der Waals surface area (Å²) in [7, 11) is 0. The molecule has 0 bridgehead atoms. The molecule has 0 saturated carbocycles. The molecule has 0 radical (unpaired) electrons. The minimum atomic E-state index is -0.458. The number of hydrogen-bond acceptors (Lipinski definition) is 8. The number of hydrogen-bond donors (Lipinski definition) is 0. The maximum absolute atomic E-state index is 11.1. The second kappa shape index (κ2) is 9.68. The predicted octanol–water partition coefficient (Wildman–Crippen LogP) is 4.60. The summed E-state index contributed by atoms with van der Waals surface area (Å²) in [6.45, 7) is 0. The molecule has 3 aromatic carbocycles. The maximum atomic E-state index is 11.1. The van der Waals surface area contributed by atoms with E-state index in [1.54, 1.807) is 36.4 Å². The van der Waals surface area contributed by atoms with E-state index in [9.17, 15) is 30.3 Å². The molecule has 0 saturated heterocycles. The lowest BCUT2D eigenvalue weighted by Gasteiger charge is -1.95. The molecular formula is C25H15N4O6S2+. The van der Waals surface area contributed by atoms with Crippen LogP contribution in [-0.4, -0.2) is 14.8 Å². The van der Waals surface area contributed by atoms with Crippen molar-refractivity contribution in [2.75, 3.05) is 0 Å². The van der Waals surface area contributed by atoms with Crippen LogP contribution in [0.3, 0.4) is 0 Å². The molecule has 0 amide bonds. The molecule has 12 heteroatoms. The SMILES string of the molecule is O=[N+]([O-])c1ccc(/C=c2\sc3scc(-c4ccc([N+](=O)[O-])cc4)[n+]3\c2=C\c2ccc([N+](=O)[O-])cc2)cc1. The highest BCUT2D eigenvalue weighted by Gasteiger charge is 2.22. The molecule has 0 N–H and O–H groups in total. The highest BCUT2D eigenvalue weighted by Crippen LogP contribution is 2.24. The van der Waals surface area contributed by atoms with Crippen LogP contribution in [0.15, 0.2) is 78.2 Å². The van der Waals surface area contributed by atoms with E-state index in [-0.39, 0.29) is 17.1 Å². The van der Waals surface area contributed by atoms with Crippen molar-refractivity contribution in [3.8, 4) is 11.3 Å². The second-order valence-corrected chi connectivity index (χ2v) is 10.0. The lowest BCUT2D eigenvalue weighted by Crippen LogP contribution is -2.44. The van der Waals surface area contributed by atoms with Gasteiger partial charge in [-0.2, -0.15) is 0 Å². The molecule has 5 rings (SSSR count). The number of nitro benzene ring substituents is 3. The van der Waals surface area contributed by atoms with Crippen LogP contribution in [0.1, 0.15) is 11.1 Å². The molecule has 5 aromatic rings. The van der Waals surface area contributed by atoms with Gasteiger partial charge in [-0.05, 0) is 53.6 Å². The Morgan fingerprint density at radius 1 is 0.649 bits per heavy atom. The minimum Gasteiger partial charge on any atom is -0.258 e. The van der Waals surface area contributed by atoms with E-state index in [0.29, 0.717) is 0 Å². The largest absolute Gasteiger partial charge is 0.326 e. The molecule has 2 heterocycles. The monoisotopic (exact) mass is 531 g/mol. The van der Waals surface area contributed by atoms with Crippen molar-refractivity contribution in [3.05, 3.63) is 130 Å². The fourth-order valence-electron chi connectivity index (χ4n) is 3.75. The van der Waals surface area contributed by atoms with Gasteiger partial charge in [-0.3, -0.25) is 30.3 Å². The lowest BCUT2D eigenvalue weighted by molar-refractivity contribution is -0.506. The Balaban J connectivity index is 1.73. The van der Waals surface area contributed by atoms with Crippen LogP contribution in [0.25, 0.3) is 27.6 Å². The average Bonchev–Trinajstić information content (AvgIpc) is 3.44. The van der Waals surface area contributed by atoms with E-state index in [1.807, 2.05) is 21.9 Å². The van der Waals surface area contributed by atoms with Crippen molar-refractivity contribution in [1.29, 1.82) is 0 Å². The van der Waals surface area contributed by atoms with Crippen LogP contribution in [0, 0.1) is 30.3 Å². The van der Waals surface area contributed by atoms with Gasteiger partial charge in [0.15, 0.2) is 0 Å². The van der Waals surface area contributed by atoms with Gasteiger partial charge < -0.3 is 0 Å². The van der Waals surface area contributed by atoms with Crippen molar-refractivity contribution in [1.82, 2.24) is 0 Å². The number of non-ortho nitro benzene ring substituents is 3. The molecule has 37 heavy (non-hydrogen) atoms. The van der Waals surface area contributed by atoms with Crippen molar-refractivity contribution in [3.63, 3.8) is 0 Å². The number of nitro groups is 3. The average molecular weight is 532 g/mol. The van der Waals surface area contributed by atoms with Crippen LogP contribution < -0.4 is 14.3 Å². The van der Waals surface area contributed by atoms with Crippen molar-refractivity contribution in [2.45, 2.75) is 0 Å². The molecule has 0 aliphatic carbocycles. The standard InChI is InChI=1S/C25H15N4O6S2/c30-27(31)19-7-1-16(2-8-19)13-22-24(14-17-3-9-20(10-4-17)28(32)33)37-25-26(22)23(15-36-25)18-5-11-21(12-6-18)29(34)35/h1-15H/q+1/b22-13+,24-14-. The van der Waals surface area contributed by atoms with Gasteiger partial charge in [0.2, 0.25) is 11.0 Å². The topological polar surface area (TPSA) is 134 Å². The quantitative estimate of drug-likeness (QED) is 0.179. The Morgan fingerprint density at radius 2 is 1.11 bits per heavy atom. The van der Waals surface area contributed by atoms with Gasteiger partial charge >= 0.3 is 4.14 Å². The van der Waals surface area contributed by atoms with Gasteiger partial charge in [0.25, 0.3) is 17.1 Å². The second-order valence-electron chi connectivity index (χ2n) is 7.86. The van der Waals surface area contributed by atoms with Crippen LogP contribution in [0.4, 0.5) is 17.1 Å². The number of benzene rings is 3. The molecule has 2 aromatic heterocycles. The summed E-state index contributed by atoms with van der Waals surface area (Å²) in [4.78, 5) is 31.8. The van der Waals surface area contributed by atoms with Crippen LogP contribution in [0.2, 0.25) is 0 Å². The zero-order valence-corrected chi connectivity index (χ0v) is 20.3. The molecule has 0 unspecified atom stereocenters. The Hall–Kier alpha value is -4.81. The molecule has 0 spiro atoms. The first-order valence-corrected chi connectivity index (χ1v) is 12.4. The molecular weight excluding hydrogens is 516 g/mol. The van der Waals surface area contributed by atoms with E-state index < -0.39 is 14.8 Å². The van der Waals surface area contributed by atoms with Crippen LogP contribution >= 0.6 is 22.7 Å². The van der Waals surface area contributed by atoms with Crippen LogP contribution in [-0.2, 0) is 0 Å². The summed E-state index contributed by atoms with van der Waals surface area (Å²) in [5.41, 5.74) is 3.13. The van der Waals surface area contributed by atoms with E-state index >= 15 is 0 Å². The zero-order valence-electron chi connectivity index (χ0n) is 18.7. The molecule has 0 fully saturated rings. The normalized spacial score (nSPS) is 12.2. The first-order chi connectivity index (χ1) is 17.8. The Bertz CT molecular complexity index is 1790. The highest BCUT2D eigenvalue weighted by atomic mass is 32.2. The van der Waals surface area contributed by atoms with Gasteiger partial charge in [-0.15, -0.1) is 4.40 Å². The molecule has 0 aliphatic rings. The Labute approximate surface area is 215 Å². The predicted molar refractivity (Wildman–Crippen MR) is 140 cm³/mol. The molecule has 182 valence electrons. The van der Waals surface area contributed by atoms with E-state index in [4.69, 9.17) is 0 Å². The molecule has 0 aliphatic heterocycles. The number of nitrogens with zero attached hydrogens (tertiary/aromatic N) is 4. The van der Waals surface area contributed by atoms with Crippen LogP contribution in [0.5, 0.6) is 0 Å². The first kappa shape index (κ1) is 23.9. The number of aromatic nitrogens is 1. The van der Waals surface area contributed by atoms with Crippen molar-refractivity contribution >= 4 is 56.0 Å². The third-order valence-electron chi connectivity index (χ3n) is 5.57. The first-order valence-electron chi connectivity index (χ1n) is 10.7. The van der Waals surface area contributed by atoms with Gasteiger partial charge in [0.1, 0.15) is 4.53 Å². The van der Waals surface area contributed by atoms with E-state index in [0.717, 1.165) is 36.4 Å². The fourth-order valence-corrected chi connectivity index (χ4v) is 6.04. The van der Waals surface area contributed by atoms with Crippen molar-refractivity contribution in [2.24, 2.45) is 0 Å².